The van der Waals surface area contributed by atoms with Crippen molar-refractivity contribution in [2.45, 2.75) is 52.5 Å². The fourth-order valence-corrected chi connectivity index (χ4v) is 3.68. The Kier molecular flexibility index (Phi) is 4.97. The van der Waals surface area contributed by atoms with E-state index in [0.717, 1.165) is 11.3 Å². The maximum Gasteiger partial charge on any atom is 0.154 e. The van der Waals surface area contributed by atoms with Crippen LogP contribution in [0, 0.1) is 18.8 Å². The molecule has 0 radical (unpaired) electrons. The lowest BCUT2D eigenvalue weighted by Gasteiger charge is -2.36. The number of hydrogen-bond acceptors (Lipinski definition) is 2. The number of halogens is 2. The molecule has 4 heteroatoms. The summed E-state index contributed by atoms with van der Waals surface area (Å²) in [6, 6.07) is 2.36. The van der Waals surface area contributed by atoms with Crippen molar-refractivity contribution in [3.8, 4) is 0 Å². The molecule has 1 aromatic heterocycles. The normalized spacial score (nSPS) is 23.7. The summed E-state index contributed by atoms with van der Waals surface area (Å²) in [4.78, 5) is 4.14. The lowest BCUT2D eigenvalue weighted by Crippen LogP contribution is -2.35. The number of pyridine rings is 1. The topological polar surface area (TPSA) is 24.9 Å². The van der Waals surface area contributed by atoms with Crippen molar-refractivity contribution in [1.29, 1.82) is 0 Å². The second-order valence-electron chi connectivity index (χ2n) is 5.87. The Balaban J connectivity index is 2.19. The number of aromatic nitrogens is 1. The molecule has 0 aliphatic heterocycles. The summed E-state index contributed by atoms with van der Waals surface area (Å²) >= 11 is 12.1. The average molecular weight is 301 g/mol. The van der Waals surface area contributed by atoms with Crippen LogP contribution in [0.3, 0.4) is 0 Å². The van der Waals surface area contributed by atoms with Crippen molar-refractivity contribution in [2.24, 2.45) is 11.8 Å². The summed E-state index contributed by atoms with van der Waals surface area (Å²) in [5.41, 5.74) is 2.02. The van der Waals surface area contributed by atoms with Crippen molar-refractivity contribution in [3.63, 3.8) is 0 Å². The van der Waals surface area contributed by atoms with Crippen LogP contribution >= 0.6 is 23.2 Å². The van der Waals surface area contributed by atoms with Crippen LogP contribution in [-0.2, 0) is 0 Å². The van der Waals surface area contributed by atoms with Gasteiger partial charge in [-0.3, -0.25) is 0 Å². The lowest BCUT2D eigenvalue weighted by atomic mass is 9.77. The van der Waals surface area contributed by atoms with Gasteiger partial charge >= 0.3 is 0 Å². The van der Waals surface area contributed by atoms with Crippen LogP contribution in [0.1, 0.15) is 45.1 Å². The Morgan fingerprint density at radius 3 is 2.58 bits per heavy atom. The third-order valence-electron chi connectivity index (χ3n) is 4.15. The van der Waals surface area contributed by atoms with E-state index in [4.69, 9.17) is 23.2 Å². The first kappa shape index (κ1) is 14.9. The van der Waals surface area contributed by atoms with Crippen molar-refractivity contribution in [1.82, 2.24) is 4.98 Å². The minimum atomic E-state index is 0.456. The lowest BCUT2D eigenvalue weighted by molar-refractivity contribution is 0.253. The molecule has 1 aromatic rings. The molecule has 0 spiro atoms. The van der Waals surface area contributed by atoms with Gasteiger partial charge in [-0.05, 0) is 43.2 Å². The number of rotatable bonds is 3. The summed E-state index contributed by atoms with van der Waals surface area (Å²) in [6.45, 7) is 6.63. The zero-order valence-electron chi connectivity index (χ0n) is 11.8. The summed E-state index contributed by atoms with van der Waals surface area (Å²) in [5, 5.41) is 4.56. The maximum atomic E-state index is 6.22. The molecule has 1 aliphatic carbocycles. The molecular weight excluding hydrogens is 279 g/mol. The Morgan fingerprint density at radius 2 is 1.95 bits per heavy atom. The van der Waals surface area contributed by atoms with Gasteiger partial charge in [0.25, 0.3) is 0 Å². The van der Waals surface area contributed by atoms with Gasteiger partial charge in [0.15, 0.2) is 5.15 Å². The third kappa shape index (κ3) is 3.55. The average Bonchev–Trinajstić information content (AvgIpc) is 2.34. The molecule has 1 N–H and O–H groups in total. The number of nitrogens with one attached hydrogen (secondary N) is 1. The van der Waals surface area contributed by atoms with Crippen LogP contribution in [0.15, 0.2) is 6.07 Å². The Bertz CT molecular complexity index is 423. The van der Waals surface area contributed by atoms with Crippen molar-refractivity contribution in [2.75, 3.05) is 5.32 Å². The summed E-state index contributed by atoms with van der Waals surface area (Å²) < 4.78 is 0. The highest BCUT2D eigenvalue weighted by Crippen LogP contribution is 2.35. The van der Waals surface area contributed by atoms with Gasteiger partial charge in [0, 0.05) is 6.04 Å². The van der Waals surface area contributed by atoms with E-state index in [1.807, 2.05) is 13.0 Å². The molecule has 1 aliphatic rings. The first-order chi connectivity index (χ1) is 8.99. The summed E-state index contributed by atoms with van der Waals surface area (Å²) in [6.07, 6.45) is 5.14. The van der Waals surface area contributed by atoms with Crippen molar-refractivity contribution in [3.05, 3.63) is 21.9 Å². The number of nitrogens with zero attached hydrogens (tertiary/aromatic N) is 1. The number of anilines is 1. The van der Waals surface area contributed by atoms with Crippen LogP contribution in [0.25, 0.3) is 0 Å². The van der Waals surface area contributed by atoms with Gasteiger partial charge in [0.1, 0.15) is 5.15 Å². The molecule has 0 aromatic carbocycles. The minimum absolute atomic E-state index is 0.456. The summed E-state index contributed by atoms with van der Waals surface area (Å²) in [7, 11) is 0. The van der Waals surface area contributed by atoms with Crippen LogP contribution in [0.2, 0.25) is 10.3 Å². The SMILES string of the molecule is Cc1cc(Cl)nc(Cl)c1NC1CCCCC1C(C)C. The standard InChI is InChI=1S/C15H22Cl2N2/c1-9(2)11-6-4-5-7-12(11)18-14-10(3)8-13(16)19-15(14)17/h8-9,11-12,18H,4-7H2,1-3H3. The molecule has 0 amide bonds. The molecule has 2 rings (SSSR count). The van der Waals surface area contributed by atoms with Crippen molar-refractivity contribution >= 4 is 28.9 Å². The molecule has 19 heavy (non-hydrogen) atoms. The zero-order valence-corrected chi connectivity index (χ0v) is 13.4. The molecule has 2 atom stereocenters. The van der Waals surface area contributed by atoms with E-state index in [2.05, 4.69) is 24.1 Å². The zero-order chi connectivity index (χ0) is 14.0. The molecule has 2 unspecified atom stereocenters. The van der Waals surface area contributed by atoms with Gasteiger partial charge in [-0.25, -0.2) is 4.98 Å². The molecule has 1 fully saturated rings. The summed E-state index contributed by atoms with van der Waals surface area (Å²) in [5.74, 6) is 1.40. The molecule has 1 saturated carbocycles. The van der Waals surface area contributed by atoms with E-state index in [0.29, 0.717) is 28.2 Å². The van der Waals surface area contributed by atoms with Crippen molar-refractivity contribution < 1.29 is 0 Å². The molecule has 1 heterocycles. The van der Waals surface area contributed by atoms with E-state index >= 15 is 0 Å². The van der Waals surface area contributed by atoms with Crippen LogP contribution in [0.4, 0.5) is 5.69 Å². The quantitative estimate of drug-likeness (QED) is 0.764. The molecule has 0 saturated heterocycles. The largest absolute Gasteiger partial charge is 0.379 e. The molecule has 106 valence electrons. The van der Waals surface area contributed by atoms with Crippen LogP contribution < -0.4 is 5.32 Å². The second-order valence-corrected chi connectivity index (χ2v) is 6.62. The number of aryl methyl sites for hydroxylation is 1. The first-order valence-electron chi connectivity index (χ1n) is 7.08. The molecule has 0 bridgehead atoms. The van der Waals surface area contributed by atoms with E-state index in [-0.39, 0.29) is 0 Å². The van der Waals surface area contributed by atoms with Gasteiger partial charge in [-0.1, -0.05) is 49.9 Å². The van der Waals surface area contributed by atoms with E-state index < -0.39 is 0 Å². The van der Waals surface area contributed by atoms with Gasteiger partial charge in [-0.2, -0.15) is 0 Å². The Hall–Kier alpha value is -0.470. The fourth-order valence-electron chi connectivity index (χ4n) is 3.09. The minimum Gasteiger partial charge on any atom is -0.379 e. The Morgan fingerprint density at radius 1 is 1.26 bits per heavy atom. The van der Waals surface area contributed by atoms with E-state index in [1.165, 1.54) is 25.7 Å². The van der Waals surface area contributed by atoms with E-state index in [1.54, 1.807) is 0 Å². The van der Waals surface area contributed by atoms with Gasteiger partial charge in [0.05, 0.1) is 5.69 Å². The predicted molar refractivity (Wildman–Crippen MR) is 83.2 cm³/mol. The fraction of sp³-hybridized carbons (Fsp3) is 0.667. The smallest absolute Gasteiger partial charge is 0.154 e. The van der Waals surface area contributed by atoms with E-state index in [9.17, 15) is 0 Å². The van der Waals surface area contributed by atoms with Crippen LogP contribution in [-0.4, -0.2) is 11.0 Å². The monoisotopic (exact) mass is 300 g/mol. The molecular formula is C15H22Cl2N2. The first-order valence-corrected chi connectivity index (χ1v) is 7.83. The van der Waals surface area contributed by atoms with Crippen LogP contribution in [0.5, 0.6) is 0 Å². The highest BCUT2D eigenvalue weighted by molar-refractivity contribution is 6.34. The number of hydrogen-bond donors (Lipinski definition) is 1. The van der Waals surface area contributed by atoms with Gasteiger partial charge in [0.2, 0.25) is 0 Å². The highest BCUT2D eigenvalue weighted by Gasteiger charge is 2.28. The Labute approximate surface area is 125 Å². The third-order valence-corrected chi connectivity index (χ3v) is 4.61. The molecule has 2 nitrogen and oxygen atoms in total. The second kappa shape index (κ2) is 6.32. The predicted octanol–water partition coefficient (Wildman–Crippen LogP) is 5.32. The maximum absolute atomic E-state index is 6.22. The van der Waals surface area contributed by atoms with Gasteiger partial charge < -0.3 is 5.32 Å². The van der Waals surface area contributed by atoms with Gasteiger partial charge in [-0.15, -0.1) is 0 Å². The highest BCUT2D eigenvalue weighted by atomic mass is 35.5.